The smallest absolute Gasteiger partial charge is 0.251 e. The molecule has 0 spiro atoms. The molecule has 1 aliphatic carbocycles. The zero-order valence-electron chi connectivity index (χ0n) is 38.8. The van der Waals surface area contributed by atoms with Crippen molar-refractivity contribution in [2.75, 3.05) is 31.6 Å². The summed E-state index contributed by atoms with van der Waals surface area (Å²) in [6, 6.07) is 20.4. The lowest BCUT2D eigenvalue weighted by atomic mass is 9.49. The Balaban J connectivity index is 0.864. The number of nitriles is 1. The monoisotopic (exact) mass is 939 g/mol. The van der Waals surface area contributed by atoms with Crippen LogP contribution >= 0.6 is 22.9 Å². The van der Waals surface area contributed by atoms with E-state index in [2.05, 4.69) is 60.0 Å². The molecule has 16 heteroatoms. The van der Waals surface area contributed by atoms with Gasteiger partial charge in [-0.15, -0.1) is 11.3 Å². The van der Waals surface area contributed by atoms with Crippen LogP contribution in [0.25, 0.3) is 10.4 Å². The number of likely N-dealkylation sites (tertiary alicyclic amines) is 1. The van der Waals surface area contributed by atoms with Crippen molar-refractivity contribution in [2.24, 2.45) is 16.7 Å². The first-order valence-corrected chi connectivity index (χ1v) is 23.8. The molecule has 5 N–H and O–H groups in total. The molecule has 14 nitrogen and oxygen atoms in total. The van der Waals surface area contributed by atoms with E-state index in [-0.39, 0.29) is 66.8 Å². The summed E-state index contributed by atoms with van der Waals surface area (Å²) < 4.78 is 12.0. The molecule has 1 saturated heterocycles. The minimum Gasteiger partial charge on any atom is -0.489 e. The van der Waals surface area contributed by atoms with Crippen LogP contribution in [0.5, 0.6) is 5.75 Å². The van der Waals surface area contributed by atoms with Crippen LogP contribution in [0.15, 0.2) is 72.2 Å². The minimum atomic E-state index is -0.892. The molecule has 1 aliphatic heterocycles. The Bertz CT molecular complexity index is 2360. The molecular formula is C50H62ClN7O7S. The second-order valence-electron chi connectivity index (χ2n) is 18.8. The number of hydrogen-bond acceptors (Lipinski definition) is 11. The maximum Gasteiger partial charge on any atom is 0.251 e. The van der Waals surface area contributed by atoms with Crippen molar-refractivity contribution in [3.63, 3.8) is 0 Å². The zero-order chi connectivity index (χ0) is 47.8. The molecule has 2 aliphatic rings. The Morgan fingerprint density at radius 2 is 1.71 bits per heavy atom. The third-order valence-electron chi connectivity index (χ3n) is 12.6. The summed E-state index contributed by atoms with van der Waals surface area (Å²) in [6.45, 7) is 15.0. The number of halogens is 1. The molecule has 2 heterocycles. The summed E-state index contributed by atoms with van der Waals surface area (Å²) in [5, 5.41) is 32.4. The molecule has 1 aromatic heterocycles. The van der Waals surface area contributed by atoms with Gasteiger partial charge in [0, 0.05) is 66.9 Å². The van der Waals surface area contributed by atoms with Gasteiger partial charge in [0.25, 0.3) is 5.91 Å². The number of rotatable bonds is 20. The van der Waals surface area contributed by atoms with Crippen molar-refractivity contribution in [3.8, 4) is 22.3 Å². The van der Waals surface area contributed by atoms with Gasteiger partial charge in [0.15, 0.2) is 0 Å². The molecule has 6 rings (SSSR count). The predicted octanol–water partition coefficient (Wildman–Crippen LogP) is 7.27. The number of aliphatic hydroxyl groups excluding tert-OH is 1. The lowest BCUT2D eigenvalue weighted by Gasteiger charge is -2.63. The molecule has 4 aromatic rings. The van der Waals surface area contributed by atoms with Gasteiger partial charge in [-0.25, -0.2) is 4.98 Å². The molecule has 352 valence electrons. The lowest BCUT2D eigenvalue weighted by Crippen LogP contribution is -2.74. The third-order valence-corrected chi connectivity index (χ3v) is 13.9. The highest BCUT2D eigenvalue weighted by atomic mass is 35.5. The fourth-order valence-corrected chi connectivity index (χ4v) is 10.4. The Kier molecular flexibility index (Phi) is 16.5. The highest BCUT2D eigenvalue weighted by Crippen LogP contribution is 2.55. The number of nitrogens with one attached hydrogen (secondary N) is 4. The topological polar surface area (TPSA) is 195 Å². The summed E-state index contributed by atoms with van der Waals surface area (Å²) in [5.41, 5.74) is 5.82. The quantitative estimate of drug-likeness (QED) is 0.0563. The van der Waals surface area contributed by atoms with E-state index >= 15 is 0 Å². The van der Waals surface area contributed by atoms with Crippen molar-refractivity contribution < 1.29 is 33.8 Å². The van der Waals surface area contributed by atoms with Gasteiger partial charge >= 0.3 is 0 Å². The van der Waals surface area contributed by atoms with Crippen LogP contribution in [0.3, 0.4) is 0 Å². The average Bonchev–Trinajstić information content (AvgIpc) is 3.91. The number of aryl methyl sites for hydroxylation is 1. The Morgan fingerprint density at radius 1 is 1.00 bits per heavy atom. The normalized spacial score (nSPS) is 19.9. The van der Waals surface area contributed by atoms with E-state index in [0.717, 1.165) is 46.6 Å². The lowest BCUT2D eigenvalue weighted by molar-refractivity contribution is -0.164. The Hall–Kier alpha value is -5.53. The van der Waals surface area contributed by atoms with Crippen molar-refractivity contribution in [1.29, 1.82) is 5.26 Å². The number of ether oxygens (including phenoxy) is 2. The van der Waals surface area contributed by atoms with Crippen LogP contribution in [-0.2, 0) is 25.7 Å². The largest absolute Gasteiger partial charge is 0.489 e. The second-order valence-corrected chi connectivity index (χ2v) is 20.0. The van der Waals surface area contributed by atoms with Crippen LogP contribution in [0.2, 0.25) is 5.02 Å². The molecule has 1 unspecified atom stereocenters. The summed E-state index contributed by atoms with van der Waals surface area (Å²) in [6.07, 6.45) is 1.51. The standard InChI is InChI=1S/C50H62ClN7O7S/c1-30(2)42(46(63)58-27-37(59)23-40(58)45(62)54-26-32-11-13-33(14-12-32)43-31(3)55-29-66-43)56-41(60)28-64-22-10-8-9-21-53-36-18-15-34(16-19-36)44(61)57-47-49(4,5)48(50(47,6)7)65-38-20-17-35(25-52)39(51)24-38/h11-20,24,29-30,37,40,42,47-48,53,59H,8-10,21-23,26-28H2,1-7H3,(H,54,62)(H,56,60)(H,57,61)/t37-,40?,42+,47?,48?/m1/s1. The van der Waals surface area contributed by atoms with Crippen molar-refractivity contribution >= 4 is 52.3 Å². The van der Waals surface area contributed by atoms with Gasteiger partial charge in [0.2, 0.25) is 17.7 Å². The van der Waals surface area contributed by atoms with E-state index in [1.807, 2.05) is 62.7 Å². The molecule has 3 aromatic carbocycles. The number of aliphatic hydroxyl groups is 1. The highest BCUT2D eigenvalue weighted by Gasteiger charge is 2.64. The van der Waals surface area contributed by atoms with Crippen molar-refractivity contribution in [1.82, 2.24) is 25.8 Å². The maximum absolute atomic E-state index is 13.8. The molecule has 1 saturated carbocycles. The average molecular weight is 941 g/mol. The van der Waals surface area contributed by atoms with E-state index in [1.165, 1.54) is 4.90 Å². The summed E-state index contributed by atoms with van der Waals surface area (Å²) in [7, 11) is 0. The fourth-order valence-electron chi connectivity index (χ4n) is 9.33. The van der Waals surface area contributed by atoms with Crippen molar-refractivity contribution in [2.45, 2.75) is 111 Å². The van der Waals surface area contributed by atoms with Crippen molar-refractivity contribution in [3.05, 3.63) is 99.6 Å². The SMILES string of the molecule is Cc1ncsc1-c1ccc(CNC(=O)C2C[C@@H](O)CN2C(=O)[C@@H](NC(=O)COCCCCCNc2ccc(C(=O)NC3C(C)(C)C(Oc4ccc(C#N)c(Cl)c4)C3(C)C)cc2)C(C)C)cc1. The predicted molar refractivity (Wildman–Crippen MR) is 256 cm³/mol. The number of nitrogens with zero attached hydrogens (tertiary/aromatic N) is 3. The molecular weight excluding hydrogens is 878 g/mol. The van der Waals surface area contributed by atoms with E-state index in [0.29, 0.717) is 35.1 Å². The van der Waals surface area contributed by atoms with Gasteiger partial charge in [-0.3, -0.25) is 19.2 Å². The number of hydrogen-bond donors (Lipinski definition) is 5. The van der Waals surface area contributed by atoms with E-state index < -0.39 is 30.0 Å². The number of amides is 4. The third kappa shape index (κ3) is 11.9. The minimum absolute atomic E-state index is 0.00264. The molecule has 2 fully saturated rings. The van der Waals surface area contributed by atoms with E-state index in [1.54, 1.807) is 41.7 Å². The van der Waals surface area contributed by atoms with Gasteiger partial charge in [-0.1, -0.05) is 77.4 Å². The molecule has 66 heavy (non-hydrogen) atoms. The second kappa shape index (κ2) is 21.8. The van der Waals surface area contributed by atoms with Crippen LogP contribution in [0.4, 0.5) is 5.69 Å². The van der Waals surface area contributed by atoms with Gasteiger partial charge in [-0.05, 0) is 79.6 Å². The first-order valence-electron chi connectivity index (χ1n) is 22.5. The molecule has 4 amide bonds. The summed E-state index contributed by atoms with van der Waals surface area (Å²) in [5.74, 6) is -1.06. The van der Waals surface area contributed by atoms with Crippen LogP contribution in [0.1, 0.15) is 94.4 Å². The van der Waals surface area contributed by atoms with Crippen LogP contribution < -0.4 is 26.0 Å². The summed E-state index contributed by atoms with van der Waals surface area (Å²) >= 11 is 7.81. The molecule has 0 radical (unpaired) electrons. The number of thiazole rings is 1. The first kappa shape index (κ1) is 49.9. The Labute approximate surface area is 396 Å². The van der Waals surface area contributed by atoms with Gasteiger partial charge < -0.3 is 40.7 Å². The van der Waals surface area contributed by atoms with Gasteiger partial charge in [0.1, 0.15) is 36.6 Å². The van der Waals surface area contributed by atoms with E-state index in [9.17, 15) is 29.5 Å². The van der Waals surface area contributed by atoms with E-state index in [4.69, 9.17) is 21.1 Å². The Morgan fingerprint density at radius 3 is 2.35 bits per heavy atom. The number of β-amino-alcohol motifs (C(OH)–C–C–N with tert-alkyl or cyclic N) is 1. The number of carbonyl (C=O) groups is 4. The summed E-state index contributed by atoms with van der Waals surface area (Å²) in [4.78, 5) is 60.2. The zero-order valence-corrected chi connectivity index (χ0v) is 40.4. The number of anilines is 1. The fraction of sp³-hybridized carbons (Fsp3) is 0.480. The van der Waals surface area contributed by atoms with Gasteiger partial charge in [-0.2, -0.15) is 5.26 Å². The number of aromatic nitrogens is 1. The number of benzene rings is 3. The first-order chi connectivity index (χ1) is 31.4. The number of unbranched alkanes of at least 4 members (excludes halogenated alkanes) is 2. The molecule has 3 atom stereocenters. The highest BCUT2D eigenvalue weighted by molar-refractivity contribution is 7.13. The number of carbonyl (C=O) groups excluding carboxylic acids is 4. The van der Waals surface area contributed by atoms with Crippen LogP contribution in [-0.4, -0.2) is 95.3 Å². The van der Waals surface area contributed by atoms with Crippen LogP contribution in [0, 0.1) is 35.0 Å². The maximum atomic E-state index is 13.8. The molecule has 0 bridgehead atoms. The van der Waals surface area contributed by atoms with Gasteiger partial charge in [0.05, 0.1) is 32.8 Å².